The molecule has 1 aromatic carbocycles. The van der Waals surface area contributed by atoms with Crippen molar-refractivity contribution in [1.29, 1.82) is 0 Å². The number of carboxylic acids is 1. The standard InChI is InChI=1S/C13H19NO3/c1-13(2,8-12(15)16)9-14-10-5-4-6-11(7-10)17-3/h4-7,14H,8-9H2,1-3H3,(H,15,16). The second kappa shape index (κ2) is 5.57. The highest BCUT2D eigenvalue weighted by atomic mass is 16.5. The van der Waals surface area contributed by atoms with E-state index in [-0.39, 0.29) is 11.8 Å². The van der Waals surface area contributed by atoms with Gasteiger partial charge in [0.05, 0.1) is 13.5 Å². The summed E-state index contributed by atoms with van der Waals surface area (Å²) in [5, 5.41) is 12.0. The molecule has 0 bridgehead atoms. The molecule has 4 heteroatoms. The number of hydrogen-bond donors (Lipinski definition) is 2. The molecule has 4 nitrogen and oxygen atoms in total. The molecule has 1 aromatic rings. The molecule has 0 amide bonds. The number of aliphatic carboxylic acids is 1. The van der Waals surface area contributed by atoms with Crippen LogP contribution < -0.4 is 10.1 Å². The van der Waals surface area contributed by atoms with Gasteiger partial charge in [-0.25, -0.2) is 0 Å². The van der Waals surface area contributed by atoms with Gasteiger partial charge >= 0.3 is 5.97 Å². The molecular weight excluding hydrogens is 218 g/mol. The number of ether oxygens (including phenoxy) is 1. The van der Waals surface area contributed by atoms with E-state index in [1.165, 1.54) is 0 Å². The topological polar surface area (TPSA) is 58.6 Å². The summed E-state index contributed by atoms with van der Waals surface area (Å²) in [5.41, 5.74) is 0.650. The van der Waals surface area contributed by atoms with Crippen LogP contribution in [0.1, 0.15) is 20.3 Å². The van der Waals surface area contributed by atoms with Crippen LogP contribution in [0.15, 0.2) is 24.3 Å². The maximum atomic E-state index is 10.7. The van der Waals surface area contributed by atoms with Gasteiger partial charge in [0.15, 0.2) is 0 Å². The Morgan fingerprint density at radius 3 is 2.76 bits per heavy atom. The van der Waals surface area contributed by atoms with E-state index in [9.17, 15) is 4.79 Å². The van der Waals surface area contributed by atoms with Crippen LogP contribution in [0.4, 0.5) is 5.69 Å². The highest BCUT2D eigenvalue weighted by Crippen LogP contribution is 2.23. The highest BCUT2D eigenvalue weighted by Gasteiger charge is 2.21. The van der Waals surface area contributed by atoms with Gasteiger partial charge in [0.2, 0.25) is 0 Å². The Bertz CT molecular complexity index is 388. The predicted octanol–water partition coefficient (Wildman–Crippen LogP) is 2.61. The van der Waals surface area contributed by atoms with Crippen LogP contribution in [-0.2, 0) is 4.79 Å². The second-order valence-corrected chi connectivity index (χ2v) is 4.82. The first-order chi connectivity index (χ1) is 7.93. The zero-order valence-electron chi connectivity index (χ0n) is 10.5. The van der Waals surface area contributed by atoms with Gasteiger partial charge in [-0.05, 0) is 17.5 Å². The van der Waals surface area contributed by atoms with Crippen LogP contribution in [0.25, 0.3) is 0 Å². The average molecular weight is 237 g/mol. The Labute approximate surface area is 102 Å². The molecule has 0 heterocycles. The Morgan fingerprint density at radius 2 is 2.18 bits per heavy atom. The molecule has 0 aliphatic heterocycles. The lowest BCUT2D eigenvalue weighted by atomic mass is 9.89. The smallest absolute Gasteiger partial charge is 0.303 e. The molecule has 0 saturated carbocycles. The summed E-state index contributed by atoms with van der Waals surface area (Å²) in [4.78, 5) is 10.7. The fourth-order valence-electron chi connectivity index (χ4n) is 1.55. The third-order valence-corrected chi connectivity index (χ3v) is 2.47. The van der Waals surface area contributed by atoms with Crippen LogP contribution in [0, 0.1) is 5.41 Å². The zero-order chi connectivity index (χ0) is 12.9. The number of rotatable bonds is 6. The number of carbonyl (C=O) groups is 1. The molecule has 0 fully saturated rings. The maximum absolute atomic E-state index is 10.7. The monoisotopic (exact) mass is 237 g/mol. The van der Waals surface area contributed by atoms with Crippen LogP contribution >= 0.6 is 0 Å². The summed E-state index contributed by atoms with van der Waals surface area (Å²) in [5.74, 6) is 0.00785. The van der Waals surface area contributed by atoms with Crippen molar-refractivity contribution < 1.29 is 14.6 Å². The summed E-state index contributed by atoms with van der Waals surface area (Å²) in [6.45, 7) is 4.45. The number of hydrogen-bond acceptors (Lipinski definition) is 3. The van der Waals surface area contributed by atoms with Crippen LogP contribution in [0.3, 0.4) is 0 Å². The third-order valence-electron chi connectivity index (χ3n) is 2.47. The molecule has 0 atom stereocenters. The first-order valence-electron chi connectivity index (χ1n) is 5.53. The lowest BCUT2D eigenvalue weighted by Crippen LogP contribution is -2.26. The van der Waals surface area contributed by atoms with E-state index < -0.39 is 5.97 Å². The van der Waals surface area contributed by atoms with Gasteiger partial charge in [0, 0.05) is 18.3 Å². The molecule has 1 rings (SSSR count). The molecule has 0 aromatic heterocycles. The first-order valence-corrected chi connectivity index (χ1v) is 5.53. The molecule has 17 heavy (non-hydrogen) atoms. The Balaban J connectivity index is 2.57. The van der Waals surface area contributed by atoms with E-state index in [0.29, 0.717) is 6.54 Å². The van der Waals surface area contributed by atoms with Crippen LogP contribution in [0.5, 0.6) is 5.75 Å². The number of benzene rings is 1. The van der Waals surface area contributed by atoms with Crippen LogP contribution in [-0.4, -0.2) is 24.7 Å². The van der Waals surface area contributed by atoms with Crippen molar-refractivity contribution in [2.45, 2.75) is 20.3 Å². The van der Waals surface area contributed by atoms with Crippen molar-refractivity contribution in [2.75, 3.05) is 19.0 Å². The van der Waals surface area contributed by atoms with Gasteiger partial charge in [-0.1, -0.05) is 19.9 Å². The van der Waals surface area contributed by atoms with Crippen LogP contribution in [0.2, 0.25) is 0 Å². The molecule has 94 valence electrons. The summed E-state index contributed by atoms with van der Waals surface area (Å²) in [6, 6.07) is 7.58. The highest BCUT2D eigenvalue weighted by molar-refractivity contribution is 5.67. The molecule has 0 aliphatic rings. The van der Waals surface area contributed by atoms with E-state index in [0.717, 1.165) is 11.4 Å². The molecule has 0 saturated heterocycles. The molecule has 0 radical (unpaired) electrons. The minimum Gasteiger partial charge on any atom is -0.497 e. The van der Waals surface area contributed by atoms with E-state index in [4.69, 9.17) is 9.84 Å². The number of methoxy groups -OCH3 is 1. The number of anilines is 1. The van der Waals surface area contributed by atoms with Crippen molar-refractivity contribution in [3.63, 3.8) is 0 Å². The number of nitrogens with one attached hydrogen (secondary N) is 1. The van der Waals surface area contributed by atoms with Gasteiger partial charge in [-0.15, -0.1) is 0 Å². The van der Waals surface area contributed by atoms with Gasteiger partial charge in [0.25, 0.3) is 0 Å². The summed E-state index contributed by atoms with van der Waals surface area (Å²) < 4.78 is 5.12. The Hall–Kier alpha value is -1.71. The molecule has 0 unspecified atom stereocenters. The summed E-state index contributed by atoms with van der Waals surface area (Å²) in [7, 11) is 1.62. The quantitative estimate of drug-likeness (QED) is 0.798. The normalized spacial score (nSPS) is 11.0. The second-order valence-electron chi connectivity index (χ2n) is 4.82. The zero-order valence-corrected chi connectivity index (χ0v) is 10.5. The molecule has 0 spiro atoms. The van der Waals surface area contributed by atoms with Crippen molar-refractivity contribution in [1.82, 2.24) is 0 Å². The fourth-order valence-corrected chi connectivity index (χ4v) is 1.55. The lowest BCUT2D eigenvalue weighted by Gasteiger charge is -2.23. The largest absolute Gasteiger partial charge is 0.497 e. The maximum Gasteiger partial charge on any atom is 0.303 e. The fraction of sp³-hybridized carbons (Fsp3) is 0.462. The Kier molecular flexibility index (Phi) is 4.37. The third kappa shape index (κ3) is 4.76. The lowest BCUT2D eigenvalue weighted by molar-refractivity contribution is -0.139. The molecule has 2 N–H and O–H groups in total. The van der Waals surface area contributed by atoms with Gasteiger partial charge < -0.3 is 15.2 Å². The summed E-state index contributed by atoms with van der Waals surface area (Å²) in [6.07, 6.45) is 0.143. The predicted molar refractivity (Wildman–Crippen MR) is 67.5 cm³/mol. The average Bonchev–Trinajstić information content (AvgIpc) is 2.25. The van der Waals surface area contributed by atoms with E-state index in [1.54, 1.807) is 7.11 Å². The van der Waals surface area contributed by atoms with Crippen molar-refractivity contribution in [3.8, 4) is 5.75 Å². The molecule has 0 aliphatic carbocycles. The van der Waals surface area contributed by atoms with Crippen molar-refractivity contribution in [3.05, 3.63) is 24.3 Å². The van der Waals surface area contributed by atoms with Gasteiger partial charge in [-0.2, -0.15) is 0 Å². The minimum absolute atomic E-state index is 0.143. The molecular formula is C13H19NO3. The van der Waals surface area contributed by atoms with Gasteiger partial charge in [-0.3, -0.25) is 4.79 Å². The van der Waals surface area contributed by atoms with Gasteiger partial charge in [0.1, 0.15) is 5.75 Å². The summed E-state index contributed by atoms with van der Waals surface area (Å²) >= 11 is 0. The van der Waals surface area contributed by atoms with Crippen molar-refractivity contribution in [2.24, 2.45) is 5.41 Å². The Morgan fingerprint density at radius 1 is 1.47 bits per heavy atom. The SMILES string of the molecule is COc1cccc(NCC(C)(C)CC(=O)O)c1. The van der Waals surface area contributed by atoms with E-state index in [1.807, 2.05) is 38.1 Å². The van der Waals surface area contributed by atoms with E-state index >= 15 is 0 Å². The van der Waals surface area contributed by atoms with E-state index in [2.05, 4.69) is 5.32 Å². The van der Waals surface area contributed by atoms with Crippen molar-refractivity contribution >= 4 is 11.7 Å². The minimum atomic E-state index is -0.776. The number of carboxylic acid groups (broad SMARTS) is 1. The first kappa shape index (κ1) is 13.4.